The molecule has 0 aliphatic heterocycles. The number of hydrogen-bond acceptors (Lipinski definition) is 4. The van der Waals surface area contributed by atoms with Gasteiger partial charge in [-0.2, -0.15) is 0 Å². The van der Waals surface area contributed by atoms with Crippen molar-refractivity contribution in [3.63, 3.8) is 0 Å². The Bertz CT molecular complexity index is 1700. The summed E-state index contributed by atoms with van der Waals surface area (Å²) in [5.74, 6) is -1.45. The van der Waals surface area contributed by atoms with Gasteiger partial charge < -0.3 is 10.2 Å². The highest BCUT2D eigenvalue weighted by Crippen LogP contribution is 2.31. The second-order valence-corrected chi connectivity index (χ2v) is 12.7. The molecule has 230 valence electrons. The van der Waals surface area contributed by atoms with E-state index in [-0.39, 0.29) is 23.5 Å². The first-order valence-electron chi connectivity index (χ1n) is 14.2. The molecule has 1 atom stereocenters. The highest BCUT2D eigenvalue weighted by atomic mass is 35.5. The van der Waals surface area contributed by atoms with Gasteiger partial charge in [0.05, 0.1) is 10.6 Å². The van der Waals surface area contributed by atoms with Gasteiger partial charge >= 0.3 is 0 Å². The predicted molar refractivity (Wildman–Crippen MR) is 171 cm³/mol. The first kappa shape index (κ1) is 32.7. The lowest BCUT2D eigenvalue weighted by molar-refractivity contribution is -0.140. The molecular weight excluding hydrogens is 601 g/mol. The molecule has 7 nitrogen and oxygen atoms in total. The number of aryl methyl sites for hydroxylation is 1. The van der Waals surface area contributed by atoms with Crippen LogP contribution in [0.1, 0.15) is 29.2 Å². The van der Waals surface area contributed by atoms with Gasteiger partial charge in [-0.3, -0.25) is 13.9 Å². The minimum Gasteiger partial charge on any atom is -0.355 e. The Balaban J connectivity index is 1.82. The van der Waals surface area contributed by atoms with E-state index in [1.807, 2.05) is 37.3 Å². The zero-order valence-electron chi connectivity index (χ0n) is 24.8. The van der Waals surface area contributed by atoms with Gasteiger partial charge in [-0.15, -0.1) is 0 Å². The van der Waals surface area contributed by atoms with Crippen molar-refractivity contribution in [3.8, 4) is 0 Å². The number of nitrogens with zero attached hydrogens (tertiary/aromatic N) is 2. The van der Waals surface area contributed by atoms with Crippen molar-refractivity contribution in [2.24, 2.45) is 0 Å². The summed E-state index contributed by atoms with van der Waals surface area (Å²) < 4.78 is 43.1. The number of rotatable bonds is 12. The summed E-state index contributed by atoms with van der Waals surface area (Å²) in [6, 6.07) is 25.1. The number of amides is 2. The van der Waals surface area contributed by atoms with E-state index in [4.69, 9.17) is 11.6 Å². The molecule has 0 aliphatic rings. The van der Waals surface area contributed by atoms with Crippen LogP contribution in [0.4, 0.5) is 10.1 Å². The summed E-state index contributed by atoms with van der Waals surface area (Å²) in [6.07, 6.45) is 0.181. The van der Waals surface area contributed by atoms with Crippen LogP contribution in [0.5, 0.6) is 0 Å². The molecule has 0 saturated carbocycles. The van der Waals surface area contributed by atoms with Crippen LogP contribution < -0.4 is 9.62 Å². The summed E-state index contributed by atoms with van der Waals surface area (Å²) >= 11 is 6.41. The summed E-state index contributed by atoms with van der Waals surface area (Å²) in [4.78, 5) is 29.3. The number of carbonyl (C=O) groups is 2. The van der Waals surface area contributed by atoms with E-state index in [1.54, 1.807) is 44.2 Å². The standard InChI is InChI=1S/C34H35ClFN3O4S/c1-4-37-34(41)32(21-26-9-6-5-7-10-26)38(22-27-15-17-28(36)18-16-27)33(40)23-39(31-12-8-11-30(35)25(31)3)44(42,43)29-19-13-24(2)14-20-29/h5-20,32H,4,21-23H2,1-3H3,(H,37,41). The normalized spacial score (nSPS) is 11.9. The minimum absolute atomic E-state index is 0.00456. The van der Waals surface area contributed by atoms with Crippen LogP contribution in [0.3, 0.4) is 0 Å². The molecule has 10 heteroatoms. The van der Waals surface area contributed by atoms with Crippen molar-refractivity contribution < 1.29 is 22.4 Å². The predicted octanol–water partition coefficient (Wildman–Crippen LogP) is 6.07. The molecule has 1 N–H and O–H groups in total. The van der Waals surface area contributed by atoms with E-state index in [2.05, 4.69) is 5.32 Å². The number of benzene rings is 4. The Morgan fingerprint density at radius 1 is 0.864 bits per heavy atom. The number of hydrogen-bond donors (Lipinski definition) is 1. The van der Waals surface area contributed by atoms with Crippen molar-refractivity contribution in [1.29, 1.82) is 0 Å². The van der Waals surface area contributed by atoms with E-state index in [9.17, 15) is 22.4 Å². The van der Waals surface area contributed by atoms with Crippen molar-refractivity contribution in [1.82, 2.24) is 10.2 Å². The van der Waals surface area contributed by atoms with Gasteiger partial charge in [-0.25, -0.2) is 12.8 Å². The Kier molecular flexibility index (Phi) is 10.8. The topological polar surface area (TPSA) is 86.8 Å². The van der Waals surface area contributed by atoms with Crippen LogP contribution in [0.25, 0.3) is 0 Å². The van der Waals surface area contributed by atoms with Crippen molar-refractivity contribution >= 4 is 39.1 Å². The smallest absolute Gasteiger partial charge is 0.264 e. The highest BCUT2D eigenvalue weighted by Gasteiger charge is 2.35. The van der Waals surface area contributed by atoms with Gasteiger partial charge in [-0.1, -0.05) is 77.8 Å². The van der Waals surface area contributed by atoms with E-state index in [0.717, 1.165) is 15.4 Å². The maximum absolute atomic E-state index is 14.4. The molecule has 1 unspecified atom stereocenters. The van der Waals surface area contributed by atoms with Crippen LogP contribution in [0.2, 0.25) is 5.02 Å². The fraction of sp³-hybridized carbons (Fsp3) is 0.235. The Hall–Kier alpha value is -4.21. The number of likely N-dealkylation sites (N-methyl/N-ethyl adjacent to an activating group) is 1. The quantitative estimate of drug-likeness (QED) is 0.205. The van der Waals surface area contributed by atoms with Crippen LogP contribution in [0.15, 0.2) is 102 Å². The maximum atomic E-state index is 14.4. The van der Waals surface area contributed by atoms with Crippen molar-refractivity contribution in [2.45, 2.75) is 44.7 Å². The average molecular weight is 636 g/mol. The molecule has 0 bridgehead atoms. The third-order valence-electron chi connectivity index (χ3n) is 7.28. The lowest BCUT2D eigenvalue weighted by Crippen LogP contribution is -2.53. The molecule has 0 radical (unpaired) electrons. The maximum Gasteiger partial charge on any atom is 0.264 e. The lowest BCUT2D eigenvalue weighted by atomic mass is 10.0. The molecule has 0 spiro atoms. The second-order valence-electron chi connectivity index (χ2n) is 10.5. The van der Waals surface area contributed by atoms with Gasteiger partial charge in [0.2, 0.25) is 11.8 Å². The first-order valence-corrected chi connectivity index (χ1v) is 16.0. The summed E-state index contributed by atoms with van der Waals surface area (Å²) in [5.41, 5.74) is 2.99. The zero-order valence-corrected chi connectivity index (χ0v) is 26.4. The van der Waals surface area contributed by atoms with E-state index < -0.39 is 40.2 Å². The number of carbonyl (C=O) groups excluding carboxylic acids is 2. The van der Waals surface area contributed by atoms with E-state index in [1.165, 1.54) is 41.3 Å². The molecule has 0 heterocycles. The molecule has 4 aromatic carbocycles. The Labute approximate surface area is 263 Å². The lowest BCUT2D eigenvalue weighted by Gasteiger charge is -2.34. The molecule has 4 rings (SSSR count). The molecule has 0 aromatic heterocycles. The van der Waals surface area contributed by atoms with Gasteiger partial charge in [0.25, 0.3) is 10.0 Å². The number of halogens is 2. The zero-order chi connectivity index (χ0) is 31.9. The van der Waals surface area contributed by atoms with Crippen LogP contribution >= 0.6 is 11.6 Å². The number of anilines is 1. The molecule has 2 amide bonds. The second kappa shape index (κ2) is 14.5. The van der Waals surface area contributed by atoms with Crippen LogP contribution in [-0.2, 0) is 32.6 Å². The fourth-order valence-corrected chi connectivity index (χ4v) is 6.49. The van der Waals surface area contributed by atoms with Crippen molar-refractivity contribution in [2.75, 3.05) is 17.4 Å². The molecule has 0 fully saturated rings. The van der Waals surface area contributed by atoms with E-state index in [0.29, 0.717) is 22.7 Å². The van der Waals surface area contributed by atoms with Crippen LogP contribution in [-0.4, -0.2) is 44.3 Å². The van der Waals surface area contributed by atoms with Gasteiger partial charge in [0.1, 0.15) is 18.4 Å². The summed E-state index contributed by atoms with van der Waals surface area (Å²) in [5, 5.41) is 3.16. The van der Waals surface area contributed by atoms with Gasteiger partial charge in [-0.05, 0) is 73.9 Å². The first-order chi connectivity index (χ1) is 21.0. The molecule has 44 heavy (non-hydrogen) atoms. The average Bonchev–Trinajstić information content (AvgIpc) is 3.01. The fourth-order valence-electron chi connectivity index (χ4n) is 4.85. The van der Waals surface area contributed by atoms with Gasteiger partial charge in [0, 0.05) is 24.5 Å². The molecular formula is C34H35ClFN3O4S. The molecule has 0 aliphatic carbocycles. The SMILES string of the molecule is CCNC(=O)C(Cc1ccccc1)N(Cc1ccc(F)cc1)C(=O)CN(c1cccc(Cl)c1C)S(=O)(=O)c1ccc(C)cc1. The molecule has 0 saturated heterocycles. The highest BCUT2D eigenvalue weighted by molar-refractivity contribution is 7.92. The monoisotopic (exact) mass is 635 g/mol. The molecule has 4 aromatic rings. The minimum atomic E-state index is -4.26. The summed E-state index contributed by atoms with van der Waals surface area (Å²) in [6.45, 7) is 4.98. The van der Waals surface area contributed by atoms with Crippen LogP contribution in [0, 0.1) is 19.7 Å². The Morgan fingerprint density at radius 3 is 2.16 bits per heavy atom. The number of nitrogens with one attached hydrogen (secondary N) is 1. The Morgan fingerprint density at radius 2 is 1.52 bits per heavy atom. The largest absolute Gasteiger partial charge is 0.355 e. The van der Waals surface area contributed by atoms with E-state index >= 15 is 0 Å². The third-order valence-corrected chi connectivity index (χ3v) is 9.47. The van der Waals surface area contributed by atoms with Gasteiger partial charge in [0.15, 0.2) is 0 Å². The number of sulfonamides is 1. The summed E-state index contributed by atoms with van der Waals surface area (Å²) in [7, 11) is -4.26. The van der Waals surface area contributed by atoms with Crippen molar-refractivity contribution in [3.05, 3.63) is 130 Å². The third kappa shape index (κ3) is 7.84.